The summed E-state index contributed by atoms with van der Waals surface area (Å²) in [5.74, 6) is 0.280. The fraction of sp³-hybridized carbons (Fsp3) is 0.545. The first kappa shape index (κ1) is 9.87. The largest absolute Gasteiger partial charge is 0.296 e. The summed E-state index contributed by atoms with van der Waals surface area (Å²) in [6.07, 6.45) is 3.82. The van der Waals surface area contributed by atoms with Crippen LogP contribution in [-0.2, 0) is 0 Å². The van der Waals surface area contributed by atoms with Crippen molar-refractivity contribution in [2.45, 2.75) is 19.3 Å². The van der Waals surface area contributed by atoms with E-state index in [1.54, 1.807) is 11.3 Å². The van der Waals surface area contributed by atoms with Crippen LogP contribution in [0.2, 0.25) is 0 Å². The third kappa shape index (κ3) is 2.42. The summed E-state index contributed by atoms with van der Waals surface area (Å²) in [4.78, 5) is 14.9. The van der Waals surface area contributed by atoms with Crippen LogP contribution in [-0.4, -0.2) is 30.3 Å². The molecule has 14 heavy (non-hydrogen) atoms. The highest BCUT2D eigenvalue weighted by atomic mass is 32.1. The van der Waals surface area contributed by atoms with Gasteiger partial charge in [-0.25, -0.2) is 0 Å². The summed E-state index contributed by atoms with van der Waals surface area (Å²) in [6, 6.07) is 3.85. The van der Waals surface area contributed by atoms with Crippen molar-refractivity contribution in [2.24, 2.45) is 0 Å². The summed E-state index contributed by atoms with van der Waals surface area (Å²) in [7, 11) is 0. The van der Waals surface area contributed by atoms with Crippen molar-refractivity contribution in [1.29, 1.82) is 0 Å². The molecule has 0 N–H and O–H groups in total. The van der Waals surface area contributed by atoms with E-state index in [-0.39, 0.29) is 5.78 Å². The lowest BCUT2D eigenvalue weighted by molar-refractivity contribution is 0.0920. The van der Waals surface area contributed by atoms with Gasteiger partial charge in [-0.05, 0) is 37.4 Å². The van der Waals surface area contributed by atoms with Crippen molar-refractivity contribution in [3.8, 4) is 0 Å². The average Bonchev–Trinajstić information content (AvgIpc) is 2.72. The number of thiophene rings is 1. The Morgan fingerprint density at radius 2 is 2.14 bits per heavy atom. The number of Topliss-reactive ketones (excluding diaryl/α,β-unsaturated/α-hetero) is 1. The van der Waals surface area contributed by atoms with Gasteiger partial charge in [0.05, 0.1) is 11.4 Å². The second-order valence-corrected chi connectivity index (χ2v) is 4.68. The highest BCUT2D eigenvalue weighted by Crippen LogP contribution is 2.13. The van der Waals surface area contributed by atoms with E-state index in [2.05, 4.69) is 4.90 Å². The quantitative estimate of drug-likeness (QED) is 0.713. The van der Waals surface area contributed by atoms with Crippen molar-refractivity contribution in [3.05, 3.63) is 22.4 Å². The summed E-state index contributed by atoms with van der Waals surface area (Å²) in [6.45, 7) is 2.80. The fourth-order valence-corrected chi connectivity index (χ4v) is 2.49. The molecule has 1 aromatic rings. The Labute approximate surface area is 88.5 Å². The molecule has 0 saturated carbocycles. The number of ketones is 1. The van der Waals surface area contributed by atoms with Gasteiger partial charge in [0.1, 0.15) is 0 Å². The standard InChI is InChI=1S/C11H15NOS/c13-10(11-5-4-8-14-11)9-12-6-2-1-3-7-12/h4-5,8H,1-3,6-7,9H2. The molecule has 2 heterocycles. The molecule has 0 aliphatic carbocycles. The molecular formula is C11H15NOS. The second kappa shape index (κ2) is 4.71. The van der Waals surface area contributed by atoms with Crippen LogP contribution >= 0.6 is 11.3 Å². The van der Waals surface area contributed by atoms with Crippen molar-refractivity contribution in [2.75, 3.05) is 19.6 Å². The van der Waals surface area contributed by atoms with E-state index in [0.29, 0.717) is 6.54 Å². The molecule has 0 unspecified atom stereocenters. The molecule has 0 bridgehead atoms. The van der Waals surface area contributed by atoms with E-state index in [1.807, 2.05) is 17.5 Å². The van der Waals surface area contributed by atoms with Crippen molar-refractivity contribution in [1.82, 2.24) is 4.90 Å². The molecular weight excluding hydrogens is 194 g/mol. The number of carbonyl (C=O) groups excluding carboxylic acids is 1. The van der Waals surface area contributed by atoms with Crippen LogP contribution in [0.3, 0.4) is 0 Å². The monoisotopic (exact) mass is 209 g/mol. The Bertz CT molecular complexity index is 288. The molecule has 1 fully saturated rings. The molecule has 2 rings (SSSR count). The van der Waals surface area contributed by atoms with Crippen LogP contribution in [0.4, 0.5) is 0 Å². The van der Waals surface area contributed by atoms with Crippen LogP contribution in [0.25, 0.3) is 0 Å². The molecule has 1 aliphatic rings. The Kier molecular flexibility index (Phi) is 3.32. The highest BCUT2D eigenvalue weighted by Gasteiger charge is 2.15. The topological polar surface area (TPSA) is 20.3 Å². The minimum atomic E-state index is 0.280. The Balaban J connectivity index is 1.87. The van der Waals surface area contributed by atoms with Crippen LogP contribution < -0.4 is 0 Å². The molecule has 1 aliphatic heterocycles. The zero-order valence-electron chi connectivity index (χ0n) is 8.24. The SMILES string of the molecule is O=C(CN1CCCCC1)c1cccs1. The van der Waals surface area contributed by atoms with Gasteiger partial charge in [0.15, 0.2) is 5.78 Å². The number of hydrogen-bond donors (Lipinski definition) is 0. The maximum atomic E-state index is 11.7. The van der Waals surface area contributed by atoms with E-state index in [9.17, 15) is 4.79 Å². The van der Waals surface area contributed by atoms with Gasteiger partial charge < -0.3 is 0 Å². The Hall–Kier alpha value is -0.670. The van der Waals surface area contributed by atoms with Gasteiger partial charge in [-0.1, -0.05) is 12.5 Å². The molecule has 1 aromatic heterocycles. The van der Waals surface area contributed by atoms with Crippen LogP contribution in [0.5, 0.6) is 0 Å². The van der Waals surface area contributed by atoms with Gasteiger partial charge in [0, 0.05) is 0 Å². The number of carbonyl (C=O) groups is 1. The van der Waals surface area contributed by atoms with Gasteiger partial charge in [-0.2, -0.15) is 0 Å². The Morgan fingerprint density at radius 3 is 2.79 bits per heavy atom. The minimum absolute atomic E-state index is 0.280. The van der Waals surface area contributed by atoms with Gasteiger partial charge in [0.2, 0.25) is 0 Å². The number of likely N-dealkylation sites (tertiary alicyclic amines) is 1. The van der Waals surface area contributed by atoms with Gasteiger partial charge in [-0.15, -0.1) is 11.3 Å². The first-order valence-electron chi connectivity index (χ1n) is 5.15. The highest BCUT2D eigenvalue weighted by molar-refractivity contribution is 7.12. The maximum absolute atomic E-state index is 11.7. The van der Waals surface area contributed by atoms with Crippen LogP contribution in [0.15, 0.2) is 17.5 Å². The summed E-state index contributed by atoms with van der Waals surface area (Å²) in [5.41, 5.74) is 0. The third-order valence-corrected chi connectivity index (χ3v) is 3.52. The van der Waals surface area contributed by atoms with Crippen LogP contribution in [0.1, 0.15) is 28.9 Å². The lowest BCUT2D eigenvalue weighted by atomic mass is 10.1. The molecule has 1 saturated heterocycles. The molecule has 0 amide bonds. The molecule has 0 spiro atoms. The summed E-state index contributed by atoms with van der Waals surface area (Å²) < 4.78 is 0. The molecule has 2 nitrogen and oxygen atoms in total. The van der Waals surface area contributed by atoms with E-state index >= 15 is 0 Å². The second-order valence-electron chi connectivity index (χ2n) is 3.74. The van der Waals surface area contributed by atoms with Crippen LogP contribution in [0, 0.1) is 0 Å². The smallest absolute Gasteiger partial charge is 0.186 e. The fourth-order valence-electron chi connectivity index (χ4n) is 1.84. The molecule has 3 heteroatoms. The first-order chi connectivity index (χ1) is 6.86. The van der Waals surface area contributed by atoms with Gasteiger partial charge >= 0.3 is 0 Å². The summed E-state index contributed by atoms with van der Waals surface area (Å²) >= 11 is 1.54. The zero-order valence-corrected chi connectivity index (χ0v) is 9.05. The lowest BCUT2D eigenvalue weighted by Crippen LogP contribution is -2.34. The maximum Gasteiger partial charge on any atom is 0.186 e. The predicted octanol–water partition coefficient (Wildman–Crippen LogP) is 2.42. The average molecular weight is 209 g/mol. The van der Waals surface area contributed by atoms with Crippen molar-refractivity contribution < 1.29 is 4.79 Å². The summed E-state index contributed by atoms with van der Waals surface area (Å²) in [5, 5.41) is 1.96. The van der Waals surface area contributed by atoms with E-state index in [1.165, 1.54) is 19.3 Å². The zero-order chi connectivity index (χ0) is 9.80. The normalized spacial score (nSPS) is 18.3. The molecule has 0 aromatic carbocycles. The Morgan fingerprint density at radius 1 is 1.36 bits per heavy atom. The van der Waals surface area contributed by atoms with Gasteiger partial charge in [-0.3, -0.25) is 9.69 Å². The molecule has 76 valence electrons. The molecule has 0 radical (unpaired) electrons. The lowest BCUT2D eigenvalue weighted by Gasteiger charge is -2.25. The van der Waals surface area contributed by atoms with E-state index in [4.69, 9.17) is 0 Å². The third-order valence-electron chi connectivity index (χ3n) is 2.61. The molecule has 0 atom stereocenters. The number of nitrogens with zero attached hydrogens (tertiary/aromatic N) is 1. The number of rotatable bonds is 3. The van der Waals surface area contributed by atoms with Gasteiger partial charge in [0.25, 0.3) is 0 Å². The first-order valence-corrected chi connectivity index (χ1v) is 6.03. The van der Waals surface area contributed by atoms with E-state index in [0.717, 1.165) is 18.0 Å². The van der Waals surface area contributed by atoms with Crippen molar-refractivity contribution >= 4 is 17.1 Å². The van der Waals surface area contributed by atoms with E-state index < -0.39 is 0 Å². The van der Waals surface area contributed by atoms with Crippen molar-refractivity contribution in [3.63, 3.8) is 0 Å². The predicted molar refractivity (Wildman–Crippen MR) is 58.9 cm³/mol. The minimum Gasteiger partial charge on any atom is -0.296 e. The number of hydrogen-bond acceptors (Lipinski definition) is 3. The number of piperidine rings is 1.